The van der Waals surface area contributed by atoms with Gasteiger partial charge in [-0.1, -0.05) is 6.08 Å². The maximum Gasteiger partial charge on any atom is 0.327 e. The van der Waals surface area contributed by atoms with E-state index in [-0.39, 0.29) is 0 Å². The number of carboxylic acids is 1. The Kier molecular flexibility index (Phi) is 5.58. The van der Waals surface area contributed by atoms with Crippen LogP contribution in [0.5, 0.6) is 11.5 Å². The van der Waals surface area contributed by atoms with E-state index in [1.165, 1.54) is 0 Å². The van der Waals surface area contributed by atoms with Crippen molar-refractivity contribution in [1.82, 2.24) is 0 Å². The summed E-state index contributed by atoms with van der Waals surface area (Å²) in [6, 6.07) is 3.77. The maximum absolute atomic E-state index is 10.4. The molecule has 0 bridgehead atoms. The average Bonchev–Trinajstić information content (AvgIpc) is 2.37. The lowest BCUT2D eigenvalue weighted by atomic mass is 10.1. The summed E-state index contributed by atoms with van der Waals surface area (Å²) in [5, 5.41) is 8.55. The van der Waals surface area contributed by atoms with Crippen LogP contribution in [0, 0.1) is 0 Å². The predicted molar refractivity (Wildman–Crippen MR) is 71.8 cm³/mol. The topological polar surface area (TPSA) is 55.8 Å². The van der Waals surface area contributed by atoms with Crippen LogP contribution in [0.2, 0.25) is 0 Å². The number of methoxy groups -OCH3 is 2. The van der Waals surface area contributed by atoms with Gasteiger partial charge in [-0.2, -0.15) is 0 Å². The minimum atomic E-state index is -0.957. The number of aliphatic carboxylic acids is 1. The molecule has 0 aliphatic carbocycles. The summed E-state index contributed by atoms with van der Waals surface area (Å²) in [4.78, 5) is 11.4. The molecule has 0 aliphatic rings. The number of carboxylic acid groups (broad SMARTS) is 1. The third-order valence-electron chi connectivity index (χ3n) is 2.38. The van der Waals surface area contributed by atoms with E-state index in [0.717, 1.165) is 28.0 Å². The highest BCUT2D eigenvalue weighted by Crippen LogP contribution is 2.34. The number of allylic oxidation sites excluding steroid dienone is 1. The van der Waals surface area contributed by atoms with Gasteiger partial charge >= 0.3 is 5.97 Å². The Morgan fingerprint density at radius 2 is 2.00 bits per heavy atom. The summed E-state index contributed by atoms with van der Waals surface area (Å²) in [6.07, 6.45) is 5.15. The molecule has 0 heterocycles. The summed E-state index contributed by atoms with van der Waals surface area (Å²) in [5.74, 6) is 0.541. The fourth-order valence-electron chi connectivity index (χ4n) is 1.54. The van der Waals surface area contributed by atoms with E-state index in [1.807, 2.05) is 18.4 Å². The molecule has 0 spiro atoms. The lowest BCUT2D eigenvalue weighted by Gasteiger charge is -2.12. The first-order valence-electron chi connectivity index (χ1n) is 5.30. The first kappa shape index (κ1) is 14.4. The van der Waals surface area contributed by atoms with Crippen molar-refractivity contribution in [3.05, 3.63) is 29.8 Å². The second kappa shape index (κ2) is 6.96. The zero-order chi connectivity index (χ0) is 13.5. The number of thioether (sulfide) groups is 1. The van der Waals surface area contributed by atoms with Crippen LogP contribution in [0.15, 0.2) is 29.2 Å². The maximum atomic E-state index is 10.4. The summed E-state index contributed by atoms with van der Waals surface area (Å²) < 4.78 is 10.6. The van der Waals surface area contributed by atoms with Gasteiger partial charge in [-0.3, -0.25) is 0 Å². The van der Waals surface area contributed by atoms with E-state index in [2.05, 4.69) is 0 Å². The Morgan fingerprint density at radius 1 is 1.33 bits per heavy atom. The van der Waals surface area contributed by atoms with Crippen LogP contribution in [-0.2, 0) is 11.2 Å². The second-order valence-electron chi connectivity index (χ2n) is 3.46. The number of hydrogen-bond acceptors (Lipinski definition) is 4. The first-order chi connectivity index (χ1) is 8.62. The van der Waals surface area contributed by atoms with Gasteiger partial charge in [0.25, 0.3) is 0 Å². The van der Waals surface area contributed by atoms with E-state index in [9.17, 15) is 4.79 Å². The van der Waals surface area contributed by atoms with Gasteiger partial charge in [0.1, 0.15) is 11.5 Å². The molecule has 1 aromatic rings. The van der Waals surface area contributed by atoms with E-state index < -0.39 is 5.97 Å². The van der Waals surface area contributed by atoms with E-state index in [4.69, 9.17) is 14.6 Å². The second-order valence-corrected chi connectivity index (χ2v) is 4.31. The normalized spacial score (nSPS) is 10.6. The van der Waals surface area contributed by atoms with Crippen molar-refractivity contribution in [3.63, 3.8) is 0 Å². The smallest absolute Gasteiger partial charge is 0.327 e. The van der Waals surface area contributed by atoms with Crippen LogP contribution in [0.3, 0.4) is 0 Å². The molecule has 4 nitrogen and oxygen atoms in total. The van der Waals surface area contributed by atoms with Crippen LogP contribution < -0.4 is 9.47 Å². The molecule has 5 heteroatoms. The van der Waals surface area contributed by atoms with Crippen molar-refractivity contribution in [2.24, 2.45) is 0 Å². The Labute approximate surface area is 111 Å². The lowest BCUT2D eigenvalue weighted by molar-refractivity contribution is -0.131. The Morgan fingerprint density at radius 3 is 2.50 bits per heavy atom. The molecule has 0 aliphatic heterocycles. The number of carbonyl (C=O) groups is 1. The number of rotatable bonds is 6. The molecule has 0 radical (unpaired) electrons. The zero-order valence-corrected chi connectivity index (χ0v) is 11.4. The molecule has 0 amide bonds. The summed E-state index contributed by atoms with van der Waals surface area (Å²) in [6.45, 7) is 0. The Balaban J connectivity index is 3.05. The standard InChI is InChI=1S/C13H16O4S/c1-16-10-8-12(18-3)11(17-2)7-9(10)5-4-6-13(14)15/h4,6-8H,5H2,1-3H3,(H,14,15)/b6-4+. The average molecular weight is 268 g/mol. The molecule has 0 aromatic heterocycles. The van der Waals surface area contributed by atoms with Gasteiger partial charge in [-0.15, -0.1) is 11.8 Å². The molecule has 18 heavy (non-hydrogen) atoms. The van der Waals surface area contributed by atoms with E-state index in [1.54, 1.807) is 32.1 Å². The molecule has 1 N–H and O–H groups in total. The van der Waals surface area contributed by atoms with Crippen molar-refractivity contribution in [3.8, 4) is 11.5 Å². The highest BCUT2D eigenvalue weighted by Gasteiger charge is 2.09. The number of benzene rings is 1. The molecule has 0 fully saturated rings. The minimum Gasteiger partial charge on any atom is -0.496 e. The highest BCUT2D eigenvalue weighted by atomic mass is 32.2. The number of ether oxygens (including phenoxy) is 2. The van der Waals surface area contributed by atoms with Gasteiger partial charge in [0, 0.05) is 11.6 Å². The fraction of sp³-hybridized carbons (Fsp3) is 0.308. The van der Waals surface area contributed by atoms with Gasteiger partial charge in [0.15, 0.2) is 0 Å². The van der Waals surface area contributed by atoms with Crippen LogP contribution in [0.25, 0.3) is 0 Å². The van der Waals surface area contributed by atoms with Crippen molar-refractivity contribution >= 4 is 17.7 Å². The SMILES string of the molecule is COc1cc(SC)c(OC)cc1C/C=C/C(=O)O. The zero-order valence-electron chi connectivity index (χ0n) is 10.6. The molecule has 0 atom stereocenters. The lowest BCUT2D eigenvalue weighted by Crippen LogP contribution is -1.95. The van der Waals surface area contributed by atoms with E-state index >= 15 is 0 Å². The largest absolute Gasteiger partial charge is 0.496 e. The summed E-state index contributed by atoms with van der Waals surface area (Å²) in [5.41, 5.74) is 0.893. The monoisotopic (exact) mass is 268 g/mol. The molecule has 1 aromatic carbocycles. The van der Waals surface area contributed by atoms with Crippen LogP contribution in [0.4, 0.5) is 0 Å². The van der Waals surface area contributed by atoms with Gasteiger partial charge in [-0.05, 0) is 24.8 Å². The Bertz CT molecular complexity index is 455. The third-order valence-corrected chi connectivity index (χ3v) is 3.14. The quantitative estimate of drug-likeness (QED) is 0.635. The predicted octanol–water partition coefficient (Wildman–Crippen LogP) is 2.61. The third kappa shape index (κ3) is 3.70. The first-order valence-corrected chi connectivity index (χ1v) is 6.53. The van der Waals surface area contributed by atoms with Gasteiger partial charge < -0.3 is 14.6 Å². The Hall–Kier alpha value is -1.62. The van der Waals surface area contributed by atoms with Gasteiger partial charge in [-0.25, -0.2) is 4.79 Å². The molecule has 98 valence electrons. The molecular weight excluding hydrogens is 252 g/mol. The van der Waals surface area contributed by atoms with Crippen molar-refractivity contribution in [2.45, 2.75) is 11.3 Å². The highest BCUT2D eigenvalue weighted by molar-refractivity contribution is 7.98. The summed E-state index contributed by atoms with van der Waals surface area (Å²) in [7, 11) is 3.20. The van der Waals surface area contributed by atoms with Crippen molar-refractivity contribution in [1.29, 1.82) is 0 Å². The fourth-order valence-corrected chi connectivity index (χ4v) is 2.11. The molecule has 1 rings (SSSR count). The van der Waals surface area contributed by atoms with Gasteiger partial charge in [0.05, 0.1) is 19.1 Å². The molecular formula is C13H16O4S. The van der Waals surface area contributed by atoms with Crippen LogP contribution in [-0.4, -0.2) is 31.6 Å². The molecule has 0 unspecified atom stereocenters. The molecule has 0 saturated heterocycles. The van der Waals surface area contributed by atoms with Crippen molar-refractivity contribution in [2.75, 3.05) is 20.5 Å². The number of hydrogen-bond donors (Lipinski definition) is 1. The van der Waals surface area contributed by atoms with Gasteiger partial charge in [0.2, 0.25) is 0 Å². The van der Waals surface area contributed by atoms with Crippen LogP contribution in [0.1, 0.15) is 5.56 Å². The summed E-state index contributed by atoms with van der Waals surface area (Å²) >= 11 is 1.57. The van der Waals surface area contributed by atoms with Crippen LogP contribution >= 0.6 is 11.8 Å². The van der Waals surface area contributed by atoms with Crippen molar-refractivity contribution < 1.29 is 19.4 Å². The minimum absolute atomic E-state index is 0.487. The molecule has 0 saturated carbocycles. The van der Waals surface area contributed by atoms with E-state index in [0.29, 0.717) is 6.42 Å².